The maximum atomic E-state index is 13.4. The van der Waals surface area contributed by atoms with Crippen LogP contribution in [-0.4, -0.2) is 40.7 Å². The van der Waals surface area contributed by atoms with Crippen LogP contribution in [-0.2, 0) is 4.74 Å². The van der Waals surface area contributed by atoms with Gasteiger partial charge in [0.1, 0.15) is 10.8 Å². The Morgan fingerprint density at radius 1 is 1.21 bits per heavy atom. The first-order valence-electron chi connectivity index (χ1n) is 12.0. The number of aryl methyl sites for hydroxylation is 1. The Bertz CT molecular complexity index is 1140. The maximum absolute atomic E-state index is 13.4. The summed E-state index contributed by atoms with van der Waals surface area (Å²) in [4.78, 5) is 28.1. The van der Waals surface area contributed by atoms with Crippen LogP contribution in [0.1, 0.15) is 71.2 Å². The lowest BCUT2D eigenvalue weighted by Gasteiger charge is -2.23. The van der Waals surface area contributed by atoms with Gasteiger partial charge in [-0.1, -0.05) is 12.5 Å². The van der Waals surface area contributed by atoms with Crippen molar-refractivity contribution in [1.82, 2.24) is 20.3 Å². The summed E-state index contributed by atoms with van der Waals surface area (Å²) >= 11 is 1.71. The zero-order valence-electron chi connectivity index (χ0n) is 19.6. The number of para-hydroxylation sites is 1. The number of carbonyl (C=O) groups is 1. The van der Waals surface area contributed by atoms with Crippen molar-refractivity contribution < 1.29 is 14.3 Å². The third kappa shape index (κ3) is 4.98. The van der Waals surface area contributed by atoms with Gasteiger partial charge in [-0.25, -0.2) is 4.98 Å². The highest BCUT2D eigenvalue weighted by atomic mass is 32.1. The molecule has 0 unspecified atom stereocenters. The largest absolute Gasteiger partial charge is 0.492 e. The lowest BCUT2D eigenvalue weighted by molar-refractivity contribution is 0.0933. The van der Waals surface area contributed by atoms with E-state index in [9.17, 15) is 4.79 Å². The van der Waals surface area contributed by atoms with Crippen LogP contribution < -0.4 is 10.1 Å². The fourth-order valence-corrected chi connectivity index (χ4v) is 5.33. The average molecular weight is 479 g/mol. The zero-order valence-corrected chi connectivity index (χ0v) is 20.4. The van der Waals surface area contributed by atoms with Crippen LogP contribution in [0.2, 0.25) is 0 Å². The molecular formula is C26H30N4O3S. The summed E-state index contributed by atoms with van der Waals surface area (Å²) in [6.07, 6.45) is 10.1. The number of nitrogens with zero attached hydrogens (tertiary/aromatic N) is 3. The minimum atomic E-state index is -0.287. The van der Waals surface area contributed by atoms with Crippen molar-refractivity contribution in [2.24, 2.45) is 5.92 Å². The summed E-state index contributed by atoms with van der Waals surface area (Å²) < 4.78 is 11.9. The average Bonchev–Trinajstić information content (AvgIpc) is 3.49. The van der Waals surface area contributed by atoms with Gasteiger partial charge >= 0.3 is 0 Å². The maximum Gasteiger partial charge on any atom is 0.255 e. The number of benzene rings is 1. The number of hydrogen-bond acceptors (Lipinski definition) is 7. The molecular weight excluding hydrogens is 448 g/mol. The summed E-state index contributed by atoms with van der Waals surface area (Å²) in [6.45, 7) is 5.76. The van der Waals surface area contributed by atoms with E-state index in [0.29, 0.717) is 42.1 Å². The number of rotatable bonds is 8. The van der Waals surface area contributed by atoms with Crippen LogP contribution in [0, 0.1) is 12.8 Å². The predicted octanol–water partition coefficient (Wildman–Crippen LogP) is 5.08. The van der Waals surface area contributed by atoms with Crippen LogP contribution in [0.5, 0.6) is 5.75 Å². The quantitative estimate of drug-likeness (QED) is 0.486. The molecule has 178 valence electrons. The monoisotopic (exact) mass is 478 g/mol. The molecule has 1 aliphatic carbocycles. The minimum Gasteiger partial charge on any atom is -0.492 e. The molecule has 8 heteroatoms. The van der Waals surface area contributed by atoms with Gasteiger partial charge in [-0.3, -0.25) is 14.8 Å². The molecule has 7 nitrogen and oxygen atoms in total. The summed E-state index contributed by atoms with van der Waals surface area (Å²) in [6, 6.07) is 5.42. The third-order valence-electron chi connectivity index (χ3n) is 6.60. The van der Waals surface area contributed by atoms with Crippen LogP contribution in [0.25, 0.3) is 10.6 Å². The van der Waals surface area contributed by atoms with E-state index in [1.807, 2.05) is 38.2 Å². The van der Waals surface area contributed by atoms with E-state index in [2.05, 4.69) is 15.3 Å². The summed E-state index contributed by atoms with van der Waals surface area (Å²) in [7, 11) is 0. The van der Waals surface area contributed by atoms with Crippen molar-refractivity contribution in [1.29, 1.82) is 0 Å². The Labute approximate surface area is 204 Å². The molecule has 3 heterocycles. The van der Waals surface area contributed by atoms with Crippen LogP contribution in [0.3, 0.4) is 0 Å². The molecule has 2 aliphatic rings. The first-order valence-corrected chi connectivity index (χ1v) is 12.8. The Morgan fingerprint density at radius 3 is 2.79 bits per heavy atom. The number of thiazole rings is 1. The molecule has 2 aromatic heterocycles. The SMILES string of the molecule is Cc1cnc([C@@H](C)NC(=O)c2cccc(-c3ncc(C4CCC4)s3)c2OC[C@@H]2CCOC2)cn1. The molecule has 2 atom stereocenters. The van der Waals surface area contributed by atoms with Crippen LogP contribution in [0.4, 0.5) is 0 Å². The number of nitrogens with one attached hydrogen (secondary N) is 1. The van der Waals surface area contributed by atoms with E-state index in [1.165, 1.54) is 24.1 Å². The number of ether oxygens (including phenoxy) is 2. The highest BCUT2D eigenvalue weighted by molar-refractivity contribution is 7.15. The Kier molecular flexibility index (Phi) is 6.87. The second kappa shape index (κ2) is 10.2. The summed E-state index contributed by atoms with van der Waals surface area (Å²) in [5.41, 5.74) is 2.92. The van der Waals surface area contributed by atoms with Gasteiger partial charge < -0.3 is 14.8 Å². The second-order valence-corrected chi connectivity index (χ2v) is 10.3. The molecule has 1 amide bonds. The van der Waals surface area contributed by atoms with Crippen molar-refractivity contribution in [3.05, 3.63) is 58.6 Å². The van der Waals surface area contributed by atoms with Gasteiger partial charge in [0.2, 0.25) is 0 Å². The summed E-state index contributed by atoms with van der Waals surface area (Å²) in [5, 5.41) is 3.95. The molecule has 1 aliphatic heterocycles. The smallest absolute Gasteiger partial charge is 0.255 e. The molecule has 0 spiro atoms. The fourth-order valence-electron chi connectivity index (χ4n) is 4.22. The zero-order chi connectivity index (χ0) is 23.5. The standard InChI is InChI=1S/C26H30N4O3S/c1-16-11-28-22(12-27-16)17(2)30-25(31)20-7-4-8-21(24(20)33-15-18-9-10-32-14-18)26-29-13-23(34-26)19-5-3-6-19/h4,7-8,11-13,17-19H,3,5-6,9-10,14-15H2,1-2H3,(H,30,31)/t17-,18-/m1/s1. The van der Waals surface area contributed by atoms with Crippen LogP contribution >= 0.6 is 11.3 Å². The highest BCUT2D eigenvalue weighted by Gasteiger charge is 2.26. The van der Waals surface area contributed by atoms with Gasteiger partial charge in [0.05, 0.1) is 48.0 Å². The molecule has 1 aromatic carbocycles. The van der Waals surface area contributed by atoms with E-state index in [4.69, 9.17) is 14.5 Å². The van der Waals surface area contributed by atoms with Gasteiger partial charge in [-0.05, 0) is 51.2 Å². The molecule has 2 fully saturated rings. The molecule has 3 aromatic rings. The first kappa shape index (κ1) is 22.9. The van der Waals surface area contributed by atoms with Gasteiger partial charge in [-0.15, -0.1) is 11.3 Å². The Hall–Kier alpha value is -2.84. The number of aromatic nitrogens is 3. The normalized spacial score (nSPS) is 18.9. The van der Waals surface area contributed by atoms with E-state index < -0.39 is 0 Å². The number of amides is 1. The molecule has 5 rings (SSSR count). The van der Waals surface area contributed by atoms with E-state index >= 15 is 0 Å². The highest BCUT2D eigenvalue weighted by Crippen LogP contribution is 2.43. The van der Waals surface area contributed by atoms with Gasteiger partial charge in [-0.2, -0.15) is 0 Å². The molecule has 0 bridgehead atoms. The summed E-state index contributed by atoms with van der Waals surface area (Å²) in [5.74, 6) is 1.33. The van der Waals surface area contributed by atoms with Crippen molar-refractivity contribution in [2.45, 2.75) is 51.5 Å². The molecule has 1 N–H and O–H groups in total. The van der Waals surface area contributed by atoms with Gasteiger partial charge in [0, 0.05) is 29.8 Å². The first-order chi connectivity index (χ1) is 16.6. The third-order valence-corrected chi connectivity index (χ3v) is 7.79. The lowest BCUT2D eigenvalue weighted by Crippen LogP contribution is -2.28. The lowest BCUT2D eigenvalue weighted by atomic mass is 9.85. The predicted molar refractivity (Wildman–Crippen MR) is 131 cm³/mol. The van der Waals surface area contributed by atoms with Crippen molar-refractivity contribution in [3.63, 3.8) is 0 Å². The van der Waals surface area contributed by atoms with E-state index in [0.717, 1.165) is 29.3 Å². The molecule has 34 heavy (non-hydrogen) atoms. The number of carbonyl (C=O) groups excluding carboxylic acids is 1. The fraction of sp³-hybridized carbons (Fsp3) is 0.462. The van der Waals surface area contributed by atoms with Crippen molar-refractivity contribution in [3.8, 4) is 16.3 Å². The topological polar surface area (TPSA) is 86.2 Å². The Balaban J connectivity index is 1.42. The van der Waals surface area contributed by atoms with Crippen molar-refractivity contribution in [2.75, 3.05) is 19.8 Å². The Morgan fingerprint density at radius 2 is 2.09 bits per heavy atom. The van der Waals surface area contributed by atoms with Gasteiger partial charge in [0.25, 0.3) is 5.91 Å². The number of hydrogen-bond donors (Lipinski definition) is 1. The minimum absolute atomic E-state index is 0.204. The van der Waals surface area contributed by atoms with Gasteiger partial charge in [0.15, 0.2) is 0 Å². The second-order valence-electron chi connectivity index (χ2n) is 9.20. The van der Waals surface area contributed by atoms with Crippen LogP contribution in [0.15, 0.2) is 36.8 Å². The van der Waals surface area contributed by atoms with Crippen molar-refractivity contribution >= 4 is 17.2 Å². The van der Waals surface area contributed by atoms with E-state index in [1.54, 1.807) is 23.7 Å². The van der Waals surface area contributed by atoms with E-state index in [-0.39, 0.29) is 11.9 Å². The molecule has 0 radical (unpaired) electrons. The molecule has 1 saturated heterocycles. The molecule has 1 saturated carbocycles.